The van der Waals surface area contributed by atoms with Crippen molar-refractivity contribution in [2.24, 2.45) is 0 Å². The molecule has 0 unspecified atom stereocenters. The Morgan fingerprint density at radius 3 is 3.00 bits per heavy atom. The van der Waals surface area contributed by atoms with Crippen LogP contribution in [-0.4, -0.2) is 24.6 Å². The lowest BCUT2D eigenvalue weighted by atomic mass is 10.1. The fourth-order valence-corrected chi connectivity index (χ4v) is 1.58. The van der Waals surface area contributed by atoms with Crippen LogP contribution in [0.25, 0.3) is 0 Å². The van der Waals surface area contributed by atoms with Crippen molar-refractivity contribution in [1.29, 1.82) is 0 Å². The molecule has 0 amide bonds. The summed E-state index contributed by atoms with van der Waals surface area (Å²) in [5.74, 6) is -0.297. The Morgan fingerprint density at radius 2 is 2.36 bits per heavy atom. The quantitative estimate of drug-likeness (QED) is 0.685. The predicted octanol–water partition coefficient (Wildman–Crippen LogP) is 0.869. The number of carbonyl (C=O) groups excluding carboxylic acids is 1. The van der Waals surface area contributed by atoms with Crippen molar-refractivity contribution in [3.05, 3.63) is 23.0 Å². The van der Waals surface area contributed by atoms with E-state index in [1.807, 2.05) is 6.07 Å². The molecular formula is C9H13ClN2O2. The van der Waals surface area contributed by atoms with E-state index in [4.69, 9.17) is 0 Å². The van der Waals surface area contributed by atoms with Gasteiger partial charge in [-0.2, -0.15) is 0 Å². The monoisotopic (exact) mass is 216 g/mol. The maximum absolute atomic E-state index is 11.2. The third kappa shape index (κ3) is 1.91. The van der Waals surface area contributed by atoms with Gasteiger partial charge in [0, 0.05) is 12.2 Å². The second-order valence-corrected chi connectivity index (χ2v) is 3.11. The highest BCUT2D eigenvalue weighted by molar-refractivity contribution is 5.87. The van der Waals surface area contributed by atoms with Crippen LogP contribution in [-0.2, 0) is 17.7 Å². The van der Waals surface area contributed by atoms with Crippen molar-refractivity contribution in [2.45, 2.75) is 13.0 Å². The summed E-state index contributed by atoms with van der Waals surface area (Å²) in [5.41, 5.74) is 2.88. The number of hydrogen-bond acceptors (Lipinski definition) is 3. The van der Waals surface area contributed by atoms with Crippen LogP contribution in [0.15, 0.2) is 6.07 Å². The van der Waals surface area contributed by atoms with Gasteiger partial charge in [0.2, 0.25) is 0 Å². The molecule has 0 aromatic carbocycles. The Morgan fingerprint density at radius 1 is 1.57 bits per heavy atom. The molecule has 1 aromatic heterocycles. The van der Waals surface area contributed by atoms with E-state index in [1.165, 1.54) is 12.7 Å². The molecule has 78 valence electrons. The molecule has 0 spiro atoms. The Hall–Kier alpha value is -1.00. The fourth-order valence-electron chi connectivity index (χ4n) is 1.58. The number of hydrogen-bond donors (Lipinski definition) is 2. The summed E-state index contributed by atoms with van der Waals surface area (Å²) in [4.78, 5) is 14.2. The van der Waals surface area contributed by atoms with Crippen molar-refractivity contribution in [3.8, 4) is 0 Å². The number of methoxy groups -OCH3 is 1. The van der Waals surface area contributed by atoms with Gasteiger partial charge in [-0.05, 0) is 24.6 Å². The smallest absolute Gasteiger partial charge is 0.354 e. The minimum atomic E-state index is -0.297. The molecule has 5 heteroatoms. The molecule has 2 rings (SSSR count). The van der Waals surface area contributed by atoms with E-state index >= 15 is 0 Å². The van der Waals surface area contributed by atoms with Gasteiger partial charge in [0.05, 0.1) is 7.11 Å². The van der Waals surface area contributed by atoms with E-state index in [2.05, 4.69) is 15.0 Å². The van der Waals surface area contributed by atoms with Crippen molar-refractivity contribution < 1.29 is 9.53 Å². The molecule has 14 heavy (non-hydrogen) atoms. The summed E-state index contributed by atoms with van der Waals surface area (Å²) in [7, 11) is 1.39. The van der Waals surface area contributed by atoms with Gasteiger partial charge in [-0.1, -0.05) is 0 Å². The minimum absolute atomic E-state index is 0. The number of H-pyrrole nitrogens is 1. The van der Waals surface area contributed by atoms with E-state index in [0.717, 1.165) is 25.2 Å². The van der Waals surface area contributed by atoms with Crippen LogP contribution in [0.3, 0.4) is 0 Å². The average molecular weight is 217 g/mol. The first-order chi connectivity index (χ1) is 6.31. The first-order valence-electron chi connectivity index (χ1n) is 4.31. The van der Waals surface area contributed by atoms with E-state index in [9.17, 15) is 4.79 Å². The first kappa shape index (κ1) is 11.1. The van der Waals surface area contributed by atoms with Gasteiger partial charge < -0.3 is 15.0 Å². The molecule has 0 bridgehead atoms. The lowest BCUT2D eigenvalue weighted by Gasteiger charge is -2.11. The predicted molar refractivity (Wildman–Crippen MR) is 54.8 cm³/mol. The van der Waals surface area contributed by atoms with Crippen LogP contribution >= 0.6 is 12.4 Å². The molecule has 0 fully saturated rings. The largest absolute Gasteiger partial charge is 0.464 e. The van der Waals surface area contributed by atoms with E-state index in [1.54, 1.807) is 0 Å². The molecule has 0 atom stereocenters. The third-order valence-corrected chi connectivity index (χ3v) is 2.27. The van der Waals surface area contributed by atoms with Crippen LogP contribution in [0.2, 0.25) is 0 Å². The number of nitrogens with one attached hydrogen (secondary N) is 2. The van der Waals surface area contributed by atoms with Gasteiger partial charge in [-0.3, -0.25) is 0 Å². The Balaban J connectivity index is 0.000000980. The second kappa shape index (κ2) is 4.48. The summed E-state index contributed by atoms with van der Waals surface area (Å²) >= 11 is 0. The number of ether oxygens (including phenoxy) is 1. The van der Waals surface area contributed by atoms with Crippen LogP contribution in [0.5, 0.6) is 0 Å². The van der Waals surface area contributed by atoms with Gasteiger partial charge in [-0.15, -0.1) is 12.4 Å². The topological polar surface area (TPSA) is 54.1 Å². The van der Waals surface area contributed by atoms with Crippen molar-refractivity contribution in [2.75, 3.05) is 13.7 Å². The number of rotatable bonds is 1. The second-order valence-electron chi connectivity index (χ2n) is 3.11. The molecule has 0 radical (unpaired) electrons. The number of aromatic nitrogens is 1. The number of aromatic amines is 1. The van der Waals surface area contributed by atoms with Crippen LogP contribution in [0, 0.1) is 0 Å². The van der Waals surface area contributed by atoms with Crippen LogP contribution in [0.4, 0.5) is 0 Å². The molecule has 0 aliphatic carbocycles. The zero-order valence-electron chi connectivity index (χ0n) is 7.92. The number of halogens is 1. The molecule has 1 aliphatic heterocycles. The highest BCUT2D eigenvalue weighted by Gasteiger charge is 2.15. The highest BCUT2D eigenvalue weighted by atomic mass is 35.5. The normalized spacial score (nSPS) is 14.1. The highest BCUT2D eigenvalue weighted by Crippen LogP contribution is 2.15. The zero-order valence-corrected chi connectivity index (χ0v) is 8.74. The molecule has 2 heterocycles. The molecule has 4 nitrogen and oxygen atoms in total. The van der Waals surface area contributed by atoms with E-state index in [-0.39, 0.29) is 18.4 Å². The van der Waals surface area contributed by atoms with Crippen LogP contribution in [0.1, 0.15) is 21.7 Å². The lowest BCUT2D eigenvalue weighted by Crippen LogP contribution is -2.22. The molecule has 0 saturated carbocycles. The molecule has 1 aliphatic rings. The summed E-state index contributed by atoms with van der Waals surface area (Å²) in [6, 6.07) is 1.88. The van der Waals surface area contributed by atoms with Crippen molar-refractivity contribution in [1.82, 2.24) is 10.3 Å². The zero-order chi connectivity index (χ0) is 9.26. The SMILES string of the molecule is COC(=O)c1cc2c([nH]1)CNCC2.Cl. The molecule has 1 aromatic rings. The Kier molecular flexibility index (Phi) is 3.55. The van der Waals surface area contributed by atoms with E-state index in [0.29, 0.717) is 5.69 Å². The summed E-state index contributed by atoms with van der Waals surface area (Å²) < 4.78 is 4.62. The van der Waals surface area contributed by atoms with Gasteiger partial charge in [0.25, 0.3) is 0 Å². The number of esters is 1. The Bertz CT molecular complexity index is 312. The summed E-state index contributed by atoms with van der Waals surface area (Å²) in [6.07, 6.45) is 0.975. The standard InChI is InChI=1S/C9H12N2O2.ClH/c1-13-9(12)7-4-6-2-3-10-5-8(6)11-7;/h4,10-11H,2-3,5H2,1H3;1H. The maximum Gasteiger partial charge on any atom is 0.354 e. The first-order valence-corrected chi connectivity index (χ1v) is 4.31. The molecular weight excluding hydrogens is 204 g/mol. The summed E-state index contributed by atoms with van der Waals surface area (Å²) in [5, 5.41) is 3.23. The number of carbonyl (C=O) groups is 1. The van der Waals surface area contributed by atoms with Crippen molar-refractivity contribution in [3.63, 3.8) is 0 Å². The van der Waals surface area contributed by atoms with E-state index < -0.39 is 0 Å². The van der Waals surface area contributed by atoms with Gasteiger partial charge in [0.1, 0.15) is 5.69 Å². The number of fused-ring (bicyclic) bond motifs is 1. The minimum Gasteiger partial charge on any atom is -0.464 e. The fraction of sp³-hybridized carbons (Fsp3) is 0.444. The molecule has 2 N–H and O–H groups in total. The van der Waals surface area contributed by atoms with Gasteiger partial charge >= 0.3 is 5.97 Å². The average Bonchev–Trinajstić information content (AvgIpc) is 2.59. The Labute approximate surface area is 88.4 Å². The van der Waals surface area contributed by atoms with Gasteiger partial charge in [-0.25, -0.2) is 4.79 Å². The maximum atomic E-state index is 11.2. The van der Waals surface area contributed by atoms with Gasteiger partial charge in [0.15, 0.2) is 0 Å². The van der Waals surface area contributed by atoms with Crippen molar-refractivity contribution >= 4 is 18.4 Å². The lowest BCUT2D eigenvalue weighted by molar-refractivity contribution is 0.0594. The van der Waals surface area contributed by atoms with Crippen LogP contribution < -0.4 is 5.32 Å². The third-order valence-electron chi connectivity index (χ3n) is 2.27. The summed E-state index contributed by atoms with van der Waals surface area (Å²) in [6.45, 7) is 1.79. The molecule has 0 saturated heterocycles.